The zero-order chi connectivity index (χ0) is 10.1. The molecule has 14 heavy (non-hydrogen) atoms. The van der Waals surface area contributed by atoms with Crippen molar-refractivity contribution in [1.82, 2.24) is 0 Å². The lowest BCUT2D eigenvalue weighted by Gasteiger charge is -2.39. The van der Waals surface area contributed by atoms with Crippen LogP contribution in [0.15, 0.2) is 12.7 Å². The summed E-state index contributed by atoms with van der Waals surface area (Å²) in [7, 11) is 0. The Morgan fingerprint density at radius 2 is 2.00 bits per heavy atom. The number of hydrogen-bond acceptors (Lipinski definition) is 3. The second-order valence-electron chi connectivity index (χ2n) is 4.23. The molecule has 1 N–H and O–H groups in total. The highest BCUT2D eigenvalue weighted by molar-refractivity contribution is 5.03. The molecule has 0 aromatic heterocycles. The van der Waals surface area contributed by atoms with Gasteiger partial charge in [0.1, 0.15) is 0 Å². The average molecular weight is 198 g/mol. The summed E-state index contributed by atoms with van der Waals surface area (Å²) in [6, 6.07) is 0. The van der Waals surface area contributed by atoms with Gasteiger partial charge in [0.25, 0.3) is 0 Å². The first-order valence-electron chi connectivity index (χ1n) is 5.28. The highest BCUT2D eigenvalue weighted by atomic mass is 16.7. The fourth-order valence-corrected chi connectivity index (χ4v) is 2.82. The van der Waals surface area contributed by atoms with E-state index in [1.165, 1.54) is 0 Å². The Labute approximate surface area is 84.7 Å². The van der Waals surface area contributed by atoms with Crippen molar-refractivity contribution in [3.05, 3.63) is 12.7 Å². The first-order chi connectivity index (χ1) is 6.79. The maximum Gasteiger partial charge on any atom is 0.176 e. The summed E-state index contributed by atoms with van der Waals surface area (Å²) in [6.45, 7) is 5.18. The van der Waals surface area contributed by atoms with Crippen LogP contribution in [0.5, 0.6) is 0 Å². The third kappa shape index (κ3) is 1.23. The normalized spacial score (nSPS) is 35.2. The smallest absolute Gasteiger partial charge is 0.176 e. The minimum absolute atomic E-state index is 0.124. The molecule has 0 radical (unpaired) electrons. The van der Waals surface area contributed by atoms with Gasteiger partial charge in [-0.05, 0) is 19.3 Å². The quantitative estimate of drug-likeness (QED) is 0.698. The van der Waals surface area contributed by atoms with Gasteiger partial charge in [-0.15, -0.1) is 6.58 Å². The standard InChI is InChI=1S/C11H18O3/c1-2-4-10(9-12)5-3-6-11(10)13-7-8-14-11/h2,12H,1,3-9H2/t10-/m0/s1. The van der Waals surface area contributed by atoms with Crippen LogP contribution in [0.3, 0.4) is 0 Å². The number of ether oxygens (including phenoxy) is 2. The van der Waals surface area contributed by atoms with Gasteiger partial charge in [-0.25, -0.2) is 0 Å². The van der Waals surface area contributed by atoms with E-state index in [1.807, 2.05) is 6.08 Å². The van der Waals surface area contributed by atoms with Crippen molar-refractivity contribution in [2.45, 2.75) is 31.5 Å². The molecule has 2 fully saturated rings. The fraction of sp³-hybridized carbons (Fsp3) is 0.818. The molecule has 3 heteroatoms. The predicted octanol–water partition coefficient (Wildman–Crippen LogP) is 1.47. The third-order valence-corrected chi connectivity index (χ3v) is 3.56. The minimum Gasteiger partial charge on any atom is -0.396 e. The van der Waals surface area contributed by atoms with Crippen LogP contribution in [0.1, 0.15) is 25.7 Å². The Balaban J connectivity index is 2.25. The van der Waals surface area contributed by atoms with E-state index in [4.69, 9.17) is 9.47 Å². The molecule has 3 nitrogen and oxygen atoms in total. The second kappa shape index (κ2) is 3.65. The summed E-state index contributed by atoms with van der Waals surface area (Å²) in [5.41, 5.74) is -0.245. The van der Waals surface area contributed by atoms with Gasteiger partial charge in [-0.1, -0.05) is 6.08 Å². The molecule has 1 aliphatic heterocycles. The van der Waals surface area contributed by atoms with E-state index < -0.39 is 5.79 Å². The maximum atomic E-state index is 9.57. The van der Waals surface area contributed by atoms with E-state index in [0.717, 1.165) is 25.7 Å². The van der Waals surface area contributed by atoms with Gasteiger partial charge in [0.05, 0.1) is 25.2 Å². The minimum atomic E-state index is -0.518. The fourth-order valence-electron chi connectivity index (χ4n) is 2.82. The van der Waals surface area contributed by atoms with Crippen LogP contribution in [0, 0.1) is 5.41 Å². The van der Waals surface area contributed by atoms with Crippen LogP contribution in [0.2, 0.25) is 0 Å². The number of aliphatic hydroxyl groups excluding tert-OH is 1. The molecule has 2 aliphatic rings. The Morgan fingerprint density at radius 1 is 1.29 bits per heavy atom. The molecule has 0 aromatic carbocycles. The molecule has 0 amide bonds. The molecular weight excluding hydrogens is 180 g/mol. The van der Waals surface area contributed by atoms with E-state index >= 15 is 0 Å². The monoisotopic (exact) mass is 198 g/mol. The third-order valence-electron chi connectivity index (χ3n) is 3.56. The van der Waals surface area contributed by atoms with Crippen molar-refractivity contribution < 1.29 is 14.6 Å². The van der Waals surface area contributed by atoms with Crippen LogP contribution in [-0.2, 0) is 9.47 Å². The van der Waals surface area contributed by atoms with Gasteiger partial charge in [0.2, 0.25) is 0 Å². The van der Waals surface area contributed by atoms with Crippen molar-refractivity contribution in [1.29, 1.82) is 0 Å². The van der Waals surface area contributed by atoms with Gasteiger partial charge >= 0.3 is 0 Å². The molecule has 0 aromatic rings. The number of hydrogen-bond donors (Lipinski definition) is 1. The molecule has 1 saturated carbocycles. The van der Waals surface area contributed by atoms with Crippen molar-refractivity contribution >= 4 is 0 Å². The van der Waals surface area contributed by atoms with Crippen molar-refractivity contribution in [2.75, 3.05) is 19.8 Å². The van der Waals surface area contributed by atoms with Gasteiger partial charge in [0.15, 0.2) is 5.79 Å². The SMILES string of the molecule is C=CC[C@@]1(CO)CCCC12OCCO2. The van der Waals surface area contributed by atoms with Gasteiger partial charge in [-0.3, -0.25) is 0 Å². The molecule has 1 spiro atoms. The Bertz CT molecular complexity index is 215. The number of allylic oxidation sites excluding steroid dienone is 1. The summed E-state index contributed by atoms with van der Waals surface area (Å²) in [5.74, 6) is -0.518. The lowest BCUT2D eigenvalue weighted by Crippen LogP contribution is -2.47. The molecule has 0 bridgehead atoms. The van der Waals surface area contributed by atoms with Crippen molar-refractivity contribution in [2.24, 2.45) is 5.41 Å². The highest BCUT2D eigenvalue weighted by Gasteiger charge is 2.57. The van der Waals surface area contributed by atoms with E-state index in [2.05, 4.69) is 6.58 Å². The Kier molecular flexibility index (Phi) is 2.64. The molecular formula is C11H18O3. The van der Waals surface area contributed by atoms with Crippen molar-refractivity contribution in [3.8, 4) is 0 Å². The molecule has 1 atom stereocenters. The second-order valence-corrected chi connectivity index (χ2v) is 4.23. The van der Waals surface area contributed by atoms with Crippen LogP contribution in [0.25, 0.3) is 0 Å². The van der Waals surface area contributed by atoms with E-state index in [-0.39, 0.29) is 12.0 Å². The van der Waals surface area contributed by atoms with E-state index in [9.17, 15) is 5.11 Å². The van der Waals surface area contributed by atoms with Crippen LogP contribution in [0.4, 0.5) is 0 Å². The average Bonchev–Trinajstić information content (AvgIpc) is 2.78. The molecule has 1 heterocycles. The lowest BCUT2D eigenvalue weighted by atomic mass is 9.79. The number of aliphatic hydroxyl groups is 1. The van der Waals surface area contributed by atoms with Gasteiger partial charge in [-0.2, -0.15) is 0 Å². The lowest BCUT2D eigenvalue weighted by molar-refractivity contribution is -0.230. The maximum absolute atomic E-state index is 9.57. The first kappa shape index (κ1) is 10.1. The topological polar surface area (TPSA) is 38.7 Å². The summed E-state index contributed by atoms with van der Waals surface area (Å²) >= 11 is 0. The molecule has 2 rings (SSSR count). The molecule has 0 unspecified atom stereocenters. The summed E-state index contributed by atoms with van der Waals surface area (Å²) < 4.78 is 11.5. The Hall–Kier alpha value is -0.380. The van der Waals surface area contributed by atoms with Crippen LogP contribution < -0.4 is 0 Å². The van der Waals surface area contributed by atoms with Gasteiger partial charge < -0.3 is 14.6 Å². The van der Waals surface area contributed by atoms with Gasteiger partial charge in [0, 0.05) is 6.42 Å². The zero-order valence-corrected chi connectivity index (χ0v) is 8.50. The van der Waals surface area contributed by atoms with E-state index in [1.54, 1.807) is 0 Å². The summed E-state index contributed by atoms with van der Waals surface area (Å²) in [5, 5.41) is 9.57. The predicted molar refractivity (Wildman–Crippen MR) is 52.8 cm³/mol. The van der Waals surface area contributed by atoms with Crippen molar-refractivity contribution in [3.63, 3.8) is 0 Å². The first-order valence-corrected chi connectivity index (χ1v) is 5.28. The summed E-state index contributed by atoms with van der Waals surface area (Å²) in [6.07, 6.45) is 5.56. The Morgan fingerprint density at radius 3 is 2.57 bits per heavy atom. The van der Waals surface area contributed by atoms with Crippen LogP contribution in [-0.4, -0.2) is 30.7 Å². The molecule has 80 valence electrons. The van der Waals surface area contributed by atoms with Crippen LogP contribution >= 0.6 is 0 Å². The highest BCUT2D eigenvalue weighted by Crippen LogP contribution is 2.53. The molecule has 1 aliphatic carbocycles. The summed E-state index contributed by atoms with van der Waals surface area (Å²) in [4.78, 5) is 0. The zero-order valence-electron chi connectivity index (χ0n) is 8.50. The largest absolute Gasteiger partial charge is 0.396 e. The molecule has 1 saturated heterocycles. The van der Waals surface area contributed by atoms with E-state index in [0.29, 0.717) is 13.2 Å². The number of rotatable bonds is 3.